The van der Waals surface area contributed by atoms with E-state index in [0.29, 0.717) is 0 Å². The fourth-order valence-corrected chi connectivity index (χ4v) is 10.9. The van der Waals surface area contributed by atoms with E-state index < -0.39 is 0 Å². The maximum atomic E-state index is 3.64. The van der Waals surface area contributed by atoms with Crippen LogP contribution in [-0.4, -0.2) is 5.48 Å². The van der Waals surface area contributed by atoms with Crippen molar-refractivity contribution in [1.29, 1.82) is 0 Å². The van der Waals surface area contributed by atoms with Crippen molar-refractivity contribution >= 4 is 191 Å². The molecule has 0 aromatic heterocycles. The van der Waals surface area contributed by atoms with E-state index in [1.54, 1.807) is 0 Å². The lowest BCUT2D eigenvalue weighted by Crippen LogP contribution is -1.88. The number of rotatable bonds is 2. The van der Waals surface area contributed by atoms with E-state index >= 15 is 0 Å². The number of hydrogen-bond acceptors (Lipinski definition) is 0. The summed E-state index contributed by atoms with van der Waals surface area (Å²) in [6, 6.07) is 16.2. The number of halogens is 12. The lowest BCUT2D eigenvalue weighted by molar-refractivity contribution is 0.824. The molecule has 0 saturated heterocycles. The quantitative estimate of drug-likeness (QED) is 0.142. The molecule has 0 bridgehead atoms. The highest BCUT2D eigenvalue weighted by Crippen LogP contribution is 2.51. The summed E-state index contributed by atoms with van der Waals surface area (Å²) >= 11 is 43.1. The average Bonchev–Trinajstić information content (AvgIpc) is 2.86. The summed E-state index contributed by atoms with van der Waals surface area (Å²) in [6.07, 6.45) is 0. The van der Waals surface area contributed by atoms with Crippen LogP contribution in [0.4, 0.5) is 0 Å². The molecule has 2 N–H and O–H groups in total. The molecule has 4 aromatic rings. The first-order chi connectivity index (χ1) is 16.9. The fourth-order valence-electron chi connectivity index (χ4n) is 3.01. The second-order valence-corrected chi connectivity index (χ2v) is 16.5. The van der Waals surface area contributed by atoms with E-state index in [1.807, 2.05) is 36.4 Å². The fraction of sp³-hybridized carbons (Fsp3) is 0. The molecule has 0 aliphatic rings. The Morgan fingerprint density at radius 1 is 0.297 bits per heavy atom. The van der Waals surface area contributed by atoms with Crippen LogP contribution in [0.1, 0.15) is 0 Å². The van der Waals surface area contributed by atoms with Crippen LogP contribution < -0.4 is 0 Å². The molecule has 0 atom stereocenters. The minimum atomic E-state index is 0. The highest BCUT2D eigenvalue weighted by Gasteiger charge is 2.21. The van der Waals surface area contributed by atoms with Gasteiger partial charge in [-0.05, 0) is 183 Å². The standard InChI is InChI=1S/2C12H4Br6.H2O/c2*13-6-4-2-1-3-5(6)7-8(14)10(16)12(18)11(17)9(7)15;/h2*1-4H;1H2. The third-order valence-electron chi connectivity index (χ3n) is 4.71. The average molecular weight is 1270 g/mol. The number of benzene rings is 4. The van der Waals surface area contributed by atoms with Gasteiger partial charge in [-0.1, -0.05) is 68.3 Å². The smallest absolute Gasteiger partial charge is 0.0482 e. The van der Waals surface area contributed by atoms with Crippen LogP contribution in [0.25, 0.3) is 22.3 Å². The first-order valence-corrected chi connectivity index (χ1v) is 18.9. The van der Waals surface area contributed by atoms with Gasteiger partial charge in [-0.15, -0.1) is 0 Å². The van der Waals surface area contributed by atoms with Crippen LogP contribution >= 0.6 is 191 Å². The Morgan fingerprint density at radius 3 is 0.757 bits per heavy atom. The zero-order valence-corrected chi connectivity index (χ0v) is 36.7. The van der Waals surface area contributed by atoms with Crippen LogP contribution in [-0.2, 0) is 0 Å². The van der Waals surface area contributed by atoms with Crippen LogP contribution in [0, 0.1) is 0 Å². The largest absolute Gasteiger partial charge is 0.412 e. The molecular formula is C24H10Br12O. The van der Waals surface area contributed by atoms with E-state index in [0.717, 1.165) is 75.9 Å². The van der Waals surface area contributed by atoms with Gasteiger partial charge in [0.15, 0.2) is 0 Å². The van der Waals surface area contributed by atoms with Crippen molar-refractivity contribution in [3.05, 3.63) is 102 Å². The van der Waals surface area contributed by atoms with Gasteiger partial charge in [0.25, 0.3) is 0 Å². The third-order valence-corrected chi connectivity index (χ3v) is 18.3. The summed E-state index contributed by atoms with van der Waals surface area (Å²) in [5.74, 6) is 0. The van der Waals surface area contributed by atoms with Crippen molar-refractivity contribution in [2.24, 2.45) is 0 Å². The van der Waals surface area contributed by atoms with Gasteiger partial charge >= 0.3 is 0 Å². The molecule has 13 heteroatoms. The highest BCUT2D eigenvalue weighted by atomic mass is 79.9. The first-order valence-electron chi connectivity index (χ1n) is 9.42. The molecule has 196 valence electrons. The maximum Gasteiger partial charge on any atom is 0.0482 e. The second-order valence-electron chi connectivity index (χ2n) is 6.85. The minimum Gasteiger partial charge on any atom is -0.412 e. The van der Waals surface area contributed by atoms with Gasteiger partial charge in [0, 0.05) is 64.8 Å². The Kier molecular flexibility index (Phi) is 15.4. The SMILES string of the molecule is Brc1ccccc1-c1c(Br)c(Br)c(Br)c(Br)c1Br.Brc1ccccc1-c1c(Br)c(Br)c(Br)c(Br)c1Br.O. The first kappa shape index (κ1) is 35.8. The summed E-state index contributed by atoms with van der Waals surface area (Å²) < 4.78 is 11.9. The van der Waals surface area contributed by atoms with Gasteiger partial charge < -0.3 is 5.48 Å². The molecule has 0 aliphatic carbocycles. The zero-order chi connectivity index (χ0) is 26.9. The lowest BCUT2D eigenvalue weighted by atomic mass is 10.1. The molecule has 4 rings (SSSR count). The van der Waals surface area contributed by atoms with Crippen molar-refractivity contribution in [3.63, 3.8) is 0 Å². The van der Waals surface area contributed by atoms with Gasteiger partial charge in [0.2, 0.25) is 0 Å². The summed E-state index contributed by atoms with van der Waals surface area (Å²) in [7, 11) is 0. The monoisotopic (exact) mass is 1260 g/mol. The van der Waals surface area contributed by atoms with Crippen molar-refractivity contribution < 1.29 is 5.48 Å². The number of hydrogen-bond donors (Lipinski definition) is 0. The van der Waals surface area contributed by atoms with Crippen LogP contribution in [0.3, 0.4) is 0 Å². The van der Waals surface area contributed by atoms with Crippen molar-refractivity contribution in [1.82, 2.24) is 0 Å². The molecule has 0 heterocycles. The normalized spacial score (nSPS) is 10.5. The molecule has 1 nitrogen and oxygen atoms in total. The van der Waals surface area contributed by atoms with Gasteiger partial charge in [-0.3, -0.25) is 0 Å². The van der Waals surface area contributed by atoms with Crippen LogP contribution in [0.5, 0.6) is 0 Å². The van der Waals surface area contributed by atoms with Gasteiger partial charge in [0.05, 0.1) is 0 Å². The van der Waals surface area contributed by atoms with Gasteiger partial charge in [-0.25, -0.2) is 0 Å². The molecule has 4 aromatic carbocycles. The topological polar surface area (TPSA) is 31.5 Å². The molecule has 0 spiro atoms. The van der Waals surface area contributed by atoms with Gasteiger partial charge in [-0.2, -0.15) is 0 Å². The van der Waals surface area contributed by atoms with Crippen molar-refractivity contribution in [2.75, 3.05) is 0 Å². The van der Waals surface area contributed by atoms with E-state index in [9.17, 15) is 0 Å². The van der Waals surface area contributed by atoms with Crippen molar-refractivity contribution in [3.8, 4) is 22.3 Å². The molecule has 0 saturated carbocycles. The molecular weight excluding hydrogens is 1260 g/mol. The zero-order valence-electron chi connectivity index (χ0n) is 17.7. The summed E-state index contributed by atoms with van der Waals surface area (Å²) in [6.45, 7) is 0. The Morgan fingerprint density at radius 2 is 0.514 bits per heavy atom. The lowest BCUT2D eigenvalue weighted by Gasteiger charge is -2.15. The molecule has 0 amide bonds. The van der Waals surface area contributed by atoms with Gasteiger partial charge in [0.1, 0.15) is 0 Å². The molecule has 0 radical (unpaired) electrons. The van der Waals surface area contributed by atoms with E-state index in [1.165, 1.54) is 0 Å². The second kappa shape index (κ2) is 15.9. The Balaban J connectivity index is 0.000000253. The van der Waals surface area contributed by atoms with E-state index in [2.05, 4.69) is 203 Å². The Hall–Kier alpha value is 2.60. The predicted molar refractivity (Wildman–Crippen MR) is 200 cm³/mol. The third kappa shape index (κ3) is 7.96. The van der Waals surface area contributed by atoms with E-state index in [4.69, 9.17) is 0 Å². The van der Waals surface area contributed by atoms with E-state index in [-0.39, 0.29) is 5.48 Å². The predicted octanol–water partition coefficient (Wildman–Crippen LogP) is 15.0. The molecule has 37 heavy (non-hydrogen) atoms. The summed E-state index contributed by atoms with van der Waals surface area (Å²) in [5, 5.41) is 0. The molecule has 0 unspecified atom stereocenters. The summed E-state index contributed by atoms with van der Waals surface area (Å²) in [4.78, 5) is 0. The molecule has 0 fully saturated rings. The van der Waals surface area contributed by atoms with Crippen LogP contribution in [0.15, 0.2) is 102 Å². The van der Waals surface area contributed by atoms with Crippen molar-refractivity contribution in [2.45, 2.75) is 0 Å². The Labute approximate surface area is 315 Å². The maximum absolute atomic E-state index is 3.64. The Bertz CT molecular complexity index is 1300. The summed E-state index contributed by atoms with van der Waals surface area (Å²) in [5.41, 5.74) is 4.41. The van der Waals surface area contributed by atoms with Crippen LogP contribution in [0.2, 0.25) is 0 Å². The molecule has 0 aliphatic heterocycles. The highest BCUT2D eigenvalue weighted by molar-refractivity contribution is 9.16. The minimum absolute atomic E-state index is 0.